The Morgan fingerprint density at radius 3 is 2.57 bits per heavy atom. The first-order valence-electron chi connectivity index (χ1n) is 4.87. The van der Waals surface area contributed by atoms with Crippen molar-refractivity contribution in [2.24, 2.45) is 11.3 Å². The average molecular weight is 199 g/mol. The number of carbonyl (C=O) groups is 2. The lowest BCUT2D eigenvalue weighted by Crippen LogP contribution is -2.40. The monoisotopic (exact) mass is 199 g/mol. The summed E-state index contributed by atoms with van der Waals surface area (Å²) in [6, 6.07) is 0. The van der Waals surface area contributed by atoms with Gasteiger partial charge in [-0.15, -0.1) is 0 Å². The van der Waals surface area contributed by atoms with E-state index in [4.69, 9.17) is 5.11 Å². The van der Waals surface area contributed by atoms with Gasteiger partial charge in [0.15, 0.2) is 0 Å². The van der Waals surface area contributed by atoms with Gasteiger partial charge in [0, 0.05) is 19.0 Å². The summed E-state index contributed by atoms with van der Waals surface area (Å²) in [4.78, 5) is 24.0. The summed E-state index contributed by atoms with van der Waals surface area (Å²) in [7, 11) is 0. The van der Waals surface area contributed by atoms with Gasteiger partial charge in [0.1, 0.15) is 0 Å². The van der Waals surface area contributed by atoms with Crippen LogP contribution >= 0.6 is 0 Å². The van der Waals surface area contributed by atoms with Crippen molar-refractivity contribution in [3.05, 3.63) is 0 Å². The highest BCUT2D eigenvalue weighted by atomic mass is 16.4. The molecule has 4 heteroatoms. The summed E-state index contributed by atoms with van der Waals surface area (Å²) >= 11 is 0. The number of carbonyl (C=O) groups excluding carboxylic acids is 1. The molecule has 1 heterocycles. The minimum Gasteiger partial charge on any atom is -0.481 e. The molecule has 1 saturated heterocycles. The van der Waals surface area contributed by atoms with Crippen LogP contribution in [0.15, 0.2) is 0 Å². The van der Waals surface area contributed by atoms with Crippen molar-refractivity contribution in [2.45, 2.75) is 27.2 Å². The van der Waals surface area contributed by atoms with E-state index in [0.29, 0.717) is 13.1 Å². The molecule has 1 rings (SSSR count). The predicted molar refractivity (Wildman–Crippen MR) is 51.8 cm³/mol. The number of hydrogen-bond donors (Lipinski definition) is 1. The topological polar surface area (TPSA) is 57.6 Å². The van der Waals surface area contributed by atoms with Crippen LogP contribution in [0.2, 0.25) is 0 Å². The highest BCUT2D eigenvalue weighted by Crippen LogP contribution is 2.23. The van der Waals surface area contributed by atoms with Crippen molar-refractivity contribution in [1.82, 2.24) is 4.90 Å². The number of likely N-dealkylation sites (tertiary alicyclic amines) is 1. The second kappa shape index (κ2) is 3.59. The van der Waals surface area contributed by atoms with Crippen LogP contribution in [-0.4, -0.2) is 35.0 Å². The van der Waals surface area contributed by atoms with E-state index in [1.54, 1.807) is 18.7 Å². The average Bonchev–Trinajstić information content (AvgIpc) is 2.35. The summed E-state index contributed by atoms with van der Waals surface area (Å²) in [5.41, 5.74) is -0.848. The zero-order chi connectivity index (χ0) is 10.9. The first-order valence-corrected chi connectivity index (χ1v) is 4.87. The van der Waals surface area contributed by atoms with Crippen molar-refractivity contribution in [2.75, 3.05) is 13.1 Å². The van der Waals surface area contributed by atoms with E-state index in [1.807, 2.05) is 6.92 Å². The van der Waals surface area contributed by atoms with Crippen LogP contribution in [0.5, 0.6) is 0 Å². The fourth-order valence-electron chi connectivity index (χ4n) is 1.60. The van der Waals surface area contributed by atoms with E-state index in [1.165, 1.54) is 0 Å². The van der Waals surface area contributed by atoms with E-state index in [-0.39, 0.29) is 11.8 Å². The number of nitrogens with zero attached hydrogens (tertiary/aromatic N) is 1. The first kappa shape index (κ1) is 11.0. The van der Waals surface area contributed by atoms with Crippen LogP contribution in [0.1, 0.15) is 27.2 Å². The molecule has 0 bridgehead atoms. The predicted octanol–water partition coefficient (Wildman–Crippen LogP) is 0.966. The summed E-state index contributed by atoms with van der Waals surface area (Å²) in [5, 5.41) is 8.92. The van der Waals surface area contributed by atoms with Crippen LogP contribution in [0.3, 0.4) is 0 Å². The van der Waals surface area contributed by atoms with Crippen molar-refractivity contribution < 1.29 is 14.7 Å². The minimum absolute atomic E-state index is 0.0552. The molecular formula is C10H17NO3. The van der Waals surface area contributed by atoms with Crippen molar-refractivity contribution in [3.8, 4) is 0 Å². The molecule has 1 unspecified atom stereocenters. The van der Waals surface area contributed by atoms with E-state index < -0.39 is 11.4 Å². The van der Waals surface area contributed by atoms with Crippen LogP contribution in [0, 0.1) is 11.3 Å². The lowest BCUT2D eigenvalue weighted by Gasteiger charge is -2.26. The highest BCUT2D eigenvalue weighted by Gasteiger charge is 2.35. The molecule has 0 saturated carbocycles. The minimum atomic E-state index is -0.857. The highest BCUT2D eigenvalue weighted by molar-refractivity contribution is 5.82. The Morgan fingerprint density at radius 1 is 1.64 bits per heavy atom. The van der Waals surface area contributed by atoms with Gasteiger partial charge in [-0.05, 0) is 20.3 Å². The Kier molecular flexibility index (Phi) is 2.83. The van der Waals surface area contributed by atoms with Gasteiger partial charge in [-0.3, -0.25) is 9.59 Å². The fourth-order valence-corrected chi connectivity index (χ4v) is 1.60. The molecule has 1 atom stereocenters. The standard InChI is InChI=1S/C10H17NO3/c1-7-4-5-11(8(7)12)6-10(2,3)9(13)14/h7H,4-6H2,1-3H3,(H,13,14). The zero-order valence-electron chi connectivity index (χ0n) is 8.91. The van der Waals surface area contributed by atoms with Gasteiger partial charge in [-0.25, -0.2) is 0 Å². The van der Waals surface area contributed by atoms with Gasteiger partial charge in [-0.2, -0.15) is 0 Å². The van der Waals surface area contributed by atoms with E-state index in [9.17, 15) is 9.59 Å². The molecule has 0 aliphatic carbocycles. The normalized spacial score (nSPS) is 22.9. The molecule has 1 aliphatic rings. The van der Waals surface area contributed by atoms with Gasteiger partial charge in [0.25, 0.3) is 0 Å². The number of carboxylic acid groups (broad SMARTS) is 1. The number of amides is 1. The van der Waals surface area contributed by atoms with Crippen LogP contribution in [0.25, 0.3) is 0 Å². The number of aliphatic carboxylic acids is 1. The van der Waals surface area contributed by atoms with Crippen molar-refractivity contribution in [3.63, 3.8) is 0 Å². The Hall–Kier alpha value is -1.06. The molecule has 0 aromatic heterocycles. The molecular weight excluding hydrogens is 182 g/mol. The van der Waals surface area contributed by atoms with Gasteiger partial charge in [0.05, 0.1) is 5.41 Å². The zero-order valence-corrected chi connectivity index (χ0v) is 8.91. The molecule has 1 fully saturated rings. The molecule has 80 valence electrons. The third-order valence-corrected chi connectivity index (χ3v) is 2.73. The SMILES string of the molecule is CC1CCN(CC(C)(C)C(=O)O)C1=O. The molecule has 1 aliphatic heterocycles. The van der Waals surface area contributed by atoms with Gasteiger partial charge in [-0.1, -0.05) is 6.92 Å². The molecule has 0 spiro atoms. The van der Waals surface area contributed by atoms with Crippen molar-refractivity contribution >= 4 is 11.9 Å². The second-order valence-corrected chi connectivity index (χ2v) is 4.64. The third-order valence-electron chi connectivity index (χ3n) is 2.73. The molecule has 0 aromatic carbocycles. The Balaban J connectivity index is 2.62. The lowest BCUT2D eigenvalue weighted by molar-refractivity contribution is -0.149. The Bertz CT molecular complexity index is 260. The first-order chi connectivity index (χ1) is 6.34. The second-order valence-electron chi connectivity index (χ2n) is 4.64. The maximum Gasteiger partial charge on any atom is 0.310 e. The fraction of sp³-hybridized carbons (Fsp3) is 0.800. The van der Waals surface area contributed by atoms with E-state index >= 15 is 0 Å². The largest absolute Gasteiger partial charge is 0.481 e. The smallest absolute Gasteiger partial charge is 0.310 e. The molecule has 1 N–H and O–H groups in total. The third kappa shape index (κ3) is 2.05. The van der Waals surface area contributed by atoms with Crippen LogP contribution in [0.4, 0.5) is 0 Å². The van der Waals surface area contributed by atoms with Crippen LogP contribution in [-0.2, 0) is 9.59 Å². The summed E-state index contributed by atoms with van der Waals surface area (Å²) < 4.78 is 0. The summed E-state index contributed by atoms with van der Waals surface area (Å²) in [6.07, 6.45) is 0.842. The molecule has 1 amide bonds. The maximum atomic E-state index is 11.5. The molecule has 4 nitrogen and oxygen atoms in total. The quantitative estimate of drug-likeness (QED) is 0.736. The van der Waals surface area contributed by atoms with Crippen molar-refractivity contribution in [1.29, 1.82) is 0 Å². The number of carboxylic acids is 1. The van der Waals surface area contributed by atoms with E-state index in [2.05, 4.69) is 0 Å². The maximum absolute atomic E-state index is 11.5. The Labute approximate surface area is 83.9 Å². The van der Waals surface area contributed by atoms with Gasteiger partial charge >= 0.3 is 5.97 Å². The van der Waals surface area contributed by atoms with E-state index in [0.717, 1.165) is 6.42 Å². The number of rotatable bonds is 3. The Morgan fingerprint density at radius 2 is 2.21 bits per heavy atom. The summed E-state index contributed by atoms with van der Waals surface area (Å²) in [5.74, 6) is -0.719. The molecule has 14 heavy (non-hydrogen) atoms. The molecule has 0 radical (unpaired) electrons. The molecule has 0 aromatic rings. The van der Waals surface area contributed by atoms with Gasteiger partial charge < -0.3 is 10.0 Å². The summed E-state index contributed by atoms with van der Waals surface area (Å²) in [6.45, 7) is 6.18. The van der Waals surface area contributed by atoms with Crippen LogP contribution < -0.4 is 0 Å². The van der Waals surface area contributed by atoms with Gasteiger partial charge in [0.2, 0.25) is 5.91 Å². The number of hydrogen-bond acceptors (Lipinski definition) is 2. The lowest BCUT2D eigenvalue weighted by atomic mass is 9.93.